The van der Waals surface area contributed by atoms with E-state index in [-0.39, 0.29) is 40.9 Å². The first-order valence-electron chi connectivity index (χ1n) is 7.25. The van der Waals surface area contributed by atoms with Crippen LogP contribution in [-0.4, -0.2) is 59.7 Å². The predicted molar refractivity (Wildman–Crippen MR) is 93.6 cm³/mol. The second kappa shape index (κ2) is 8.11. The molecule has 7 nitrogen and oxygen atoms in total. The molecule has 1 aromatic carbocycles. The van der Waals surface area contributed by atoms with Gasteiger partial charge in [0.25, 0.3) is 0 Å². The van der Waals surface area contributed by atoms with Crippen LogP contribution in [-0.2, 0) is 24.6 Å². The number of piperidine rings is 1. The maximum Gasteiger partial charge on any atom is 0.243 e. The minimum Gasteiger partial charge on any atom is -0.381 e. The highest BCUT2D eigenvalue weighted by atomic mass is 35.5. The molecule has 1 aliphatic heterocycles. The second-order valence-corrected chi connectivity index (χ2v) is 9.54. The molecular formula is C14H23ClN2O5S2. The smallest absolute Gasteiger partial charge is 0.243 e. The first-order chi connectivity index (χ1) is 10.7. The zero-order valence-corrected chi connectivity index (χ0v) is 16.0. The first kappa shape index (κ1) is 21.3. The quantitative estimate of drug-likeness (QED) is 0.779. The van der Waals surface area contributed by atoms with E-state index in [0.717, 1.165) is 6.26 Å². The lowest BCUT2D eigenvalue weighted by Gasteiger charge is -2.37. The van der Waals surface area contributed by atoms with Crippen molar-refractivity contribution in [2.75, 3.05) is 26.5 Å². The summed E-state index contributed by atoms with van der Waals surface area (Å²) in [7, 11) is -5.47. The summed E-state index contributed by atoms with van der Waals surface area (Å²) >= 11 is 0. The van der Waals surface area contributed by atoms with Crippen molar-refractivity contribution >= 4 is 32.3 Å². The van der Waals surface area contributed by atoms with Crippen molar-refractivity contribution in [3.8, 4) is 0 Å². The molecule has 0 spiro atoms. The van der Waals surface area contributed by atoms with E-state index in [1.807, 2.05) is 0 Å². The minimum absolute atomic E-state index is 0. The van der Waals surface area contributed by atoms with Crippen LogP contribution in [0.15, 0.2) is 34.1 Å². The van der Waals surface area contributed by atoms with Gasteiger partial charge in [0.05, 0.1) is 15.9 Å². The molecule has 1 fully saturated rings. The summed E-state index contributed by atoms with van der Waals surface area (Å²) in [5.74, 6) is 0. The van der Waals surface area contributed by atoms with Gasteiger partial charge in [-0.05, 0) is 37.1 Å². The van der Waals surface area contributed by atoms with Crippen LogP contribution in [0, 0.1) is 0 Å². The number of nitrogens with zero attached hydrogens (tertiary/aromatic N) is 1. The Bertz CT molecular complexity index is 750. The van der Waals surface area contributed by atoms with Crippen molar-refractivity contribution in [2.24, 2.45) is 5.73 Å². The lowest BCUT2D eigenvalue weighted by Crippen LogP contribution is -2.51. The Morgan fingerprint density at radius 3 is 2.17 bits per heavy atom. The number of hydrogen-bond acceptors (Lipinski definition) is 6. The number of ether oxygens (including phenoxy) is 1. The van der Waals surface area contributed by atoms with Gasteiger partial charge in [-0.3, -0.25) is 0 Å². The van der Waals surface area contributed by atoms with E-state index in [1.165, 1.54) is 28.6 Å². The molecule has 1 aromatic rings. The minimum atomic E-state index is -3.71. The van der Waals surface area contributed by atoms with Gasteiger partial charge in [-0.1, -0.05) is 0 Å². The molecule has 1 heterocycles. The van der Waals surface area contributed by atoms with Crippen molar-refractivity contribution in [1.29, 1.82) is 0 Å². The van der Waals surface area contributed by atoms with Crippen LogP contribution in [0.3, 0.4) is 0 Å². The van der Waals surface area contributed by atoms with E-state index in [1.54, 1.807) is 7.11 Å². The monoisotopic (exact) mass is 398 g/mol. The number of methoxy groups -OCH3 is 1. The molecule has 2 unspecified atom stereocenters. The van der Waals surface area contributed by atoms with Crippen LogP contribution in [0.25, 0.3) is 0 Å². The fourth-order valence-electron chi connectivity index (χ4n) is 2.73. The second-order valence-electron chi connectivity index (χ2n) is 5.63. The molecular weight excluding hydrogens is 376 g/mol. The third kappa shape index (κ3) is 4.47. The molecule has 0 aliphatic carbocycles. The number of benzene rings is 1. The predicted octanol–water partition coefficient (Wildman–Crippen LogP) is 0.639. The number of sulfonamides is 1. The first-order valence-corrected chi connectivity index (χ1v) is 10.6. The Balaban J connectivity index is 0.00000288. The Hall–Kier alpha value is -0.710. The molecule has 2 rings (SSSR count). The molecule has 0 radical (unpaired) electrons. The van der Waals surface area contributed by atoms with Gasteiger partial charge in [-0.2, -0.15) is 4.31 Å². The molecule has 2 N–H and O–H groups in total. The summed E-state index contributed by atoms with van der Waals surface area (Å²) in [5.41, 5.74) is 5.73. The van der Waals surface area contributed by atoms with Crippen LogP contribution in [0.2, 0.25) is 0 Å². The lowest BCUT2D eigenvalue weighted by atomic mass is 10.0. The molecule has 0 amide bonds. The molecule has 0 bridgehead atoms. The van der Waals surface area contributed by atoms with Crippen molar-refractivity contribution < 1.29 is 21.6 Å². The molecule has 138 valence electrons. The van der Waals surface area contributed by atoms with Crippen LogP contribution in [0.4, 0.5) is 0 Å². The van der Waals surface area contributed by atoms with E-state index >= 15 is 0 Å². The standard InChI is InChI=1S/C14H22N2O5S2.ClH/c1-21-12-7-8-16(11(9-12)10-15)23(19,20)14-5-3-13(4-6-14)22(2,17)18;/h3-6,11-12H,7-10,15H2,1-2H3;1H. The normalized spacial score (nSPS) is 22.8. The highest BCUT2D eigenvalue weighted by molar-refractivity contribution is 7.90. The summed E-state index contributed by atoms with van der Waals surface area (Å²) in [4.78, 5) is 0.157. The number of halogens is 1. The van der Waals surface area contributed by atoms with Gasteiger partial charge in [0.1, 0.15) is 0 Å². The van der Waals surface area contributed by atoms with E-state index in [4.69, 9.17) is 10.5 Å². The highest BCUT2D eigenvalue weighted by Crippen LogP contribution is 2.26. The van der Waals surface area contributed by atoms with E-state index < -0.39 is 19.9 Å². The maximum atomic E-state index is 12.8. The molecule has 0 aromatic heterocycles. The average molecular weight is 399 g/mol. The van der Waals surface area contributed by atoms with E-state index in [0.29, 0.717) is 19.4 Å². The van der Waals surface area contributed by atoms with Gasteiger partial charge in [-0.25, -0.2) is 16.8 Å². The zero-order chi connectivity index (χ0) is 17.3. The van der Waals surface area contributed by atoms with Crippen LogP contribution >= 0.6 is 12.4 Å². The van der Waals surface area contributed by atoms with Crippen molar-refractivity contribution in [3.05, 3.63) is 24.3 Å². The molecule has 10 heteroatoms. The van der Waals surface area contributed by atoms with Gasteiger partial charge in [-0.15, -0.1) is 12.4 Å². The lowest BCUT2D eigenvalue weighted by molar-refractivity contribution is 0.0401. The van der Waals surface area contributed by atoms with Crippen LogP contribution in [0.1, 0.15) is 12.8 Å². The van der Waals surface area contributed by atoms with Gasteiger partial charge in [0.2, 0.25) is 10.0 Å². The Morgan fingerprint density at radius 1 is 1.17 bits per heavy atom. The highest BCUT2D eigenvalue weighted by Gasteiger charge is 2.36. The number of hydrogen-bond donors (Lipinski definition) is 1. The molecule has 1 aliphatic rings. The summed E-state index contributed by atoms with van der Waals surface area (Å²) in [6.45, 7) is 0.539. The van der Waals surface area contributed by atoms with Gasteiger partial charge >= 0.3 is 0 Å². The topological polar surface area (TPSA) is 107 Å². The Kier molecular flexibility index (Phi) is 7.21. The summed E-state index contributed by atoms with van der Waals surface area (Å²) < 4.78 is 55.2. The number of sulfone groups is 1. The van der Waals surface area contributed by atoms with Crippen molar-refractivity contribution in [1.82, 2.24) is 4.31 Å². The fraction of sp³-hybridized carbons (Fsp3) is 0.571. The number of nitrogens with two attached hydrogens (primary N) is 1. The Morgan fingerprint density at radius 2 is 1.71 bits per heavy atom. The van der Waals surface area contributed by atoms with E-state index in [9.17, 15) is 16.8 Å². The average Bonchev–Trinajstić information content (AvgIpc) is 2.53. The van der Waals surface area contributed by atoms with Gasteiger partial charge in [0.15, 0.2) is 9.84 Å². The van der Waals surface area contributed by atoms with Crippen molar-refractivity contribution in [2.45, 2.75) is 34.8 Å². The van der Waals surface area contributed by atoms with Crippen LogP contribution in [0.5, 0.6) is 0 Å². The maximum absolute atomic E-state index is 12.8. The van der Waals surface area contributed by atoms with Gasteiger partial charge in [0, 0.05) is 32.5 Å². The Labute approximate surface area is 149 Å². The fourth-order valence-corrected chi connectivity index (χ4v) is 5.02. The summed E-state index contributed by atoms with van der Waals surface area (Å²) in [5, 5.41) is 0. The third-order valence-electron chi connectivity index (χ3n) is 4.08. The molecule has 24 heavy (non-hydrogen) atoms. The zero-order valence-electron chi connectivity index (χ0n) is 13.6. The summed E-state index contributed by atoms with van der Waals surface area (Å²) in [6, 6.07) is 4.93. The largest absolute Gasteiger partial charge is 0.381 e. The third-order valence-corrected chi connectivity index (χ3v) is 7.17. The van der Waals surface area contributed by atoms with Crippen molar-refractivity contribution in [3.63, 3.8) is 0 Å². The number of rotatable bonds is 5. The van der Waals surface area contributed by atoms with Crippen LogP contribution < -0.4 is 5.73 Å². The van der Waals surface area contributed by atoms with E-state index in [2.05, 4.69) is 0 Å². The van der Waals surface area contributed by atoms with Gasteiger partial charge < -0.3 is 10.5 Å². The molecule has 0 saturated carbocycles. The molecule has 2 atom stereocenters. The summed E-state index contributed by atoms with van der Waals surface area (Å²) in [6.07, 6.45) is 2.24. The molecule has 1 saturated heterocycles. The SMILES string of the molecule is COC1CCN(S(=O)(=O)c2ccc(S(C)(=O)=O)cc2)C(CN)C1.Cl.